The van der Waals surface area contributed by atoms with Crippen molar-refractivity contribution in [1.29, 1.82) is 0 Å². The van der Waals surface area contributed by atoms with Gasteiger partial charge in [-0.2, -0.15) is 0 Å². The van der Waals surface area contributed by atoms with Gasteiger partial charge in [0.15, 0.2) is 0 Å². The van der Waals surface area contributed by atoms with Gasteiger partial charge in [-0.05, 0) is 24.5 Å². The monoisotopic (exact) mass is 294 g/mol. The number of nitro groups is 1. The van der Waals surface area contributed by atoms with E-state index in [0.717, 1.165) is 18.4 Å². The molecule has 0 amide bonds. The Balaban J connectivity index is 2.21. The largest absolute Gasteiger partial charge is 0.395 e. The van der Waals surface area contributed by atoms with Crippen molar-refractivity contribution in [1.82, 2.24) is 4.90 Å². The number of nitrogen functional groups attached to an aromatic ring is 1. The summed E-state index contributed by atoms with van der Waals surface area (Å²) < 4.78 is 0. The zero-order valence-electron chi connectivity index (χ0n) is 12.0. The van der Waals surface area contributed by atoms with Crippen LogP contribution in [-0.4, -0.2) is 34.1 Å². The molecule has 1 saturated carbocycles. The number of hydrogen-bond donors (Lipinski definition) is 3. The van der Waals surface area contributed by atoms with Gasteiger partial charge < -0.3 is 10.5 Å². The summed E-state index contributed by atoms with van der Waals surface area (Å²) >= 11 is 0. The molecule has 0 heterocycles. The van der Waals surface area contributed by atoms with Crippen LogP contribution in [0.2, 0.25) is 0 Å². The Hall–Kier alpha value is -1.70. The number of hydrazine groups is 1. The Bertz CT molecular complexity index is 489. The summed E-state index contributed by atoms with van der Waals surface area (Å²) in [5.74, 6) is 5.49. The van der Waals surface area contributed by atoms with Crippen molar-refractivity contribution in [3.63, 3.8) is 0 Å². The molecule has 1 aromatic carbocycles. The predicted molar refractivity (Wildman–Crippen MR) is 80.7 cm³/mol. The van der Waals surface area contributed by atoms with Crippen LogP contribution in [0.3, 0.4) is 0 Å². The highest BCUT2D eigenvalue weighted by molar-refractivity contribution is 5.55. The molecule has 4 N–H and O–H groups in total. The van der Waals surface area contributed by atoms with E-state index in [4.69, 9.17) is 5.84 Å². The van der Waals surface area contributed by atoms with Crippen molar-refractivity contribution in [2.45, 2.75) is 38.3 Å². The quantitative estimate of drug-likeness (QED) is 0.401. The zero-order valence-corrected chi connectivity index (χ0v) is 12.0. The normalized spacial score (nSPS) is 15.6. The number of aliphatic hydroxyl groups is 1. The van der Waals surface area contributed by atoms with Crippen molar-refractivity contribution in [2.24, 2.45) is 5.84 Å². The average Bonchev–Trinajstić information content (AvgIpc) is 3.00. The first kappa shape index (κ1) is 15.7. The molecule has 0 aromatic heterocycles. The third kappa shape index (κ3) is 3.90. The van der Waals surface area contributed by atoms with Crippen LogP contribution in [0.1, 0.15) is 31.2 Å². The van der Waals surface area contributed by atoms with Crippen LogP contribution < -0.4 is 11.3 Å². The van der Waals surface area contributed by atoms with E-state index in [2.05, 4.69) is 10.3 Å². The summed E-state index contributed by atoms with van der Waals surface area (Å²) in [4.78, 5) is 12.7. The molecule has 2 rings (SSSR count). The molecule has 21 heavy (non-hydrogen) atoms. The zero-order chi connectivity index (χ0) is 15.2. The summed E-state index contributed by atoms with van der Waals surface area (Å²) in [6.07, 6.45) is 4.62. The lowest BCUT2D eigenvalue weighted by Gasteiger charge is -2.28. The predicted octanol–water partition coefficient (Wildman–Crippen LogP) is 1.62. The first-order valence-electron chi connectivity index (χ1n) is 7.24. The van der Waals surface area contributed by atoms with E-state index < -0.39 is 4.92 Å². The van der Waals surface area contributed by atoms with E-state index in [1.165, 1.54) is 18.9 Å². The summed E-state index contributed by atoms with van der Waals surface area (Å²) in [5.41, 5.74) is 4.11. The third-order valence-corrected chi connectivity index (χ3v) is 4.06. The fourth-order valence-corrected chi connectivity index (χ4v) is 2.97. The molecule has 0 radical (unpaired) electrons. The number of rotatable bonds is 7. The molecule has 7 nitrogen and oxygen atoms in total. The van der Waals surface area contributed by atoms with Crippen LogP contribution in [0, 0.1) is 10.1 Å². The number of nitrogens with one attached hydrogen (secondary N) is 1. The smallest absolute Gasteiger partial charge is 0.269 e. The highest BCUT2D eigenvalue weighted by Gasteiger charge is 2.23. The Morgan fingerprint density at radius 3 is 2.71 bits per heavy atom. The van der Waals surface area contributed by atoms with Crippen LogP contribution >= 0.6 is 0 Å². The topological polar surface area (TPSA) is 105 Å². The maximum Gasteiger partial charge on any atom is 0.269 e. The lowest BCUT2D eigenvalue weighted by atomic mass is 10.1. The maximum atomic E-state index is 10.9. The van der Waals surface area contributed by atoms with Gasteiger partial charge in [0.05, 0.1) is 17.2 Å². The van der Waals surface area contributed by atoms with E-state index in [-0.39, 0.29) is 12.3 Å². The molecule has 0 spiro atoms. The van der Waals surface area contributed by atoms with Crippen LogP contribution in [0.5, 0.6) is 0 Å². The molecular formula is C14H22N4O3. The van der Waals surface area contributed by atoms with Gasteiger partial charge >= 0.3 is 0 Å². The van der Waals surface area contributed by atoms with Crippen LogP contribution in [0.4, 0.5) is 11.4 Å². The van der Waals surface area contributed by atoms with Gasteiger partial charge in [0.25, 0.3) is 5.69 Å². The lowest BCUT2D eigenvalue weighted by molar-refractivity contribution is -0.384. The van der Waals surface area contributed by atoms with Gasteiger partial charge in [-0.15, -0.1) is 0 Å². The molecule has 0 unspecified atom stereocenters. The van der Waals surface area contributed by atoms with Crippen molar-refractivity contribution in [2.75, 3.05) is 18.6 Å². The second-order valence-electron chi connectivity index (χ2n) is 5.38. The van der Waals surface area contributed by atoms with Gasteiger partial charge in [-0.3, -0.25) is 20.9 Å². The van der Waals surface area contributed by atoms with E-state index in [0.29, 0.717) is 24.8 Å². The fraction of sp³-hybridized carbons (Fsp3) is 0.571. The standard InChI is InChI=1S/C14H22N4O3/c15-16-14-6-5-13(18(20)21)9-11(14)10-17(7-8-19)12-3-1-2-4-12/h5-6,9,12,16,19H,1-4,7-8,10,15H2. The molecule has 0 bridgehead atoms. The van der Waals surface area contributed by atoms with Crippen molar-refractivity contribution in [3.05, 3.63) is 33.9 Å². The van der Waals surface area contributed by atoms with Crippen molar-refractivity contribution >= 4 is 11.4 Å². The van der Waals surface area contributed by atoms with Crippen LogP contribution in [-0.2, 0) is 6.54 Å². The molecule has 1 fully saturated rings. The van der Waals surface area contributed by atoms with E-state index in [9.17, 15) is 15.2 Å². The Kier molecular flexibility index (Phi) is 5.49. The minimum atomic E-state index is -0.407. The first-order chi connectivity index (χ1) is 10.2. The van der Waals surface area contributed by atoms with Gasteiger partial charge in [0, 0.05) is 31.3 Å². The Morgan fingerprint density at radius 1 is 1.43 bits per heavy atom. The highest BCUT2D eigenvalue weighted by Crippen LogP contribution is 2.28. The molecule has 1 aliphatic carbocycles. The van der Waals surface area contributed by atoms with Gasteiger partial charge in [0.2, 0.25) is 0 Å². The number of aliphatic hydroxyl groups excluding tert-OH is 1. The summed E-state index contributed by atoms with van der Waals surface area (Å²) in [6, 6.07) is 5.04. The molecule has 7 heteroatoms. The molecule has 1 aromatic rings. The SMILES string of the molecule is NNc1ccc([N+](=O)[O-])cc1CN(CCO)C1CCCC1. The lowest BCUT2D eigenvalue weighted by Crippen LogP contribution is -2.35. The number of nitrogens with zero attached hydrogens (tertiary/aromatic N) is 2. The van der Waals surface area contributed by atoms with E-state index >= 15 is 0 Å². The Morgan fingerprint density at radius 2 is 2.14 bits per heavy atom. The Labute approximate surface area is 123 Å². The fourth-order valence-electron chi connectivity index (χ4n) is 2.97. The second kappa shape index (κ2) is 7.35. The summed E-state index contributed by atoms with van der Waals surface area (Å²) in [6.45, 7) is 1.20. The van der Waals surface area contributed by atoms with E-state index in [1.807, 2.05) is 0 Å². The number of nitro benzene ring substituents is 1. The molecule has 1 aliphatic rings. The van der Waals surface area contributed by atoms with Crippen molar-refractivity contribution < 1.29 is 10.0 Å². The highest BCUT2D eigenvalue weighted by atomic mass is 16.6. The summed E-state index contributed by atoms with van der Waals surface area (Å²) in [7, 11) is 0. The van der Waals surface area contributed by atoms with Crippen molar-refractivity contribution in [3.8, 4) is 0 Å². The summed E-state index contributed by atoms with van der Waals surface area (Å²) in [5, 5.41) is 20.2. The van der Waals surface area contributed by atoms with Crippen LogP contribution in [0.25, 0.3) is 0 Å². The molecule has 0 atom stereocenters. The average molecular weight is 294 g/mol. The van der Waals surface area contributed by atoms with Gasteiger partial charge in [-0.1, -0.05) is 12.8 Å². The molecular weight excluding hydrogens is 272 g/mol. The minimum absolute atomic E-state index is 0.0550. The molecule has 0 aliphatic heterocycles. The minimum Gasteiger partial charge on any atom is -0.395 e. The van der Waals surface area contributed by atoms with Crippen LogP contribution in [0.15, 0.2) is 18.2 Å². The molecule has 0 saturated heterocycles. The number of hydrogen-bond acceptors (Lipinski definition) is 6. The third-order valence-electron chi connectivity index (χ3n) is 4.06. The number of non-ortho nitro benzene ring substituents is 1. The maximum absolute atomic E-state index is 10.9. The number of benzene rings is 1. The van der Waals surface area contributed by atoms with Gasteiger partial charge in [-0.25, -0.2) is 0 Å². The van der Waals surface area contributed by atoms with E-state index in [1.54, 1.807) is 12.1 Å². The first-order valence-corrected chi connectivity index (χ1v) is 7.24. The second-order valence-corrected chi connectivity index (χ2v) is 5.38. The molecule has 116 valence electrons. The van der Waals surface area contributed by atoms with Gasteiger partial charge in [0.1, 0.15) is 0 Å². The number of anilines is 1. The number of nitrogens with two attached hydrogens (primary N) is 1.